The highest BCUT2D eigenvalue weighted by Crippen LogP contribution is 2.49. The van der Waals surface area contributed by atoms with Crippen molar-refractivity contribution in [2.75, 3.05) is 0 Å². The Kier molecular flexibility index (Phi) is 6.71. The summed E-state index contributed by atoms with van der Waals surface area (Å²) in [7, 11) is 0. The Hall–Kier alpha value is -5.86. The van der Waals surface area contributed by atoms with E-state index in [9.17, 15) is 0 Å². The first-order chi connectivity index (χ1) is 26.0. The van der Waals surface area contributed by atoms with Crippen LogP contribution in [0, 0.1) is 5.92 Å². The van der Waals surface area contributed by atoms with Gasteiger partial charge >= 0.3 is 0 Å². The summed E-state index contributed by atoms with van der Waals surface area (Å²) in [6.07, 6.45) is 23.5. The molecule has 0 amide bonds. The van der Waals surface area contributed by atoms with Gasteiger partial charge in [-0.15, -0.1) is 0 Å². The molecule has 2 heteroatoms. The van der Waals surface area contributed by atoms with Crippen LogP contribution in [0.25, 0.3) is 67.4 Å². The smallest absolute Gasteiger partial charge is 0.0541 e. The summed E-state index contributed by atoms with van der Waals surface area (Å²) in [5.74, 6) is 0.731. The maximum atomic E-state index is 2.55. The Morgan fingerprint density at radius 1 is 0.642 bits per heavy atom. The molecule has 2 nitrogen and oxygen atoms in total. The van der Waals surface area contributed by atoms with Crippen molar-refractivity contribution >= 4 is 50.6 Å². The highest BCUT2D eigenvalue weighted by molar-refractivity contribution is 6.09. The Bertz CT molecular complexity index is 2930. The van der Waals surface area contributed by atoms with Crippen molar-refractivity contribution in [3.63, 3.8) is 0 Å². The number of aromatic nitrogens is 2. The maximum Gasteiger partial charge on any atom is 0.0541 e. The van der Waals surface area contributed by atoms with Gasteiger partial charge in [0.05, 0.1) is 16.6 Å². The molecule has 0 radical (unpaired) electrons. The van der Waals surface area contributed by atoms with Gasteiger partial charge in [0, 0.05) is 55.4 Å². The number of hydrogen-bond donors (Lipinski definition) is 0. The van der Waals surface area contributed by atoms with Crippen molar-refractivity contribution in [1.82, 2.24) is 9.13 Å². The lowest BCUT2D eigenvalue weighted by Gasteiger charge is -2.23. The van der Waals surface area contributed by atoms with Crippen LogP contribution in [-0.4, -0.2) is 9.13 Å². The quantitative estimate of drug-likeness (QED) is 0.175. The molecule has 2 heterocycles. The Morgan fingerprint density at radius 3 is 2.28 bits per heavy atom. The van der Waals surface area contributed by atoms with Gasteiger partial charge in [-0.2, -0.15) is 0 Å². The van der Waals surface area contributed by atoms with Gasteiger partial charge in [0.1, 0.15) is 0 Å². The van der Waals surface area contributed by atoms with Gasteiger partial charge < -0.3 is 9.13 Å². The SMILES string of the molecule is CC1(C)c2ccccc2-c2cc(-n3c4ccccc4c4cc(C5C=c6c(n(C7=CC=CC(C8=CCCC=C8)C7)c7ccccc67)=CC5)ccc43)ccc21. The fraction of sp³-hybridized carbons (Fsp3) is 0.176. The van der Waals surface area contributed by atoms with Gasteiger partial charge in [-0.05, 0) is 102 Å². The third kappa shape index (κ3) is 4.58. The van der Waals surface area contributed by atoms with E-state index in [2.05, 4.69) is 181 Å². The molecule has 11 rings (SSSR count). The topological polar surface area (TPSA) is 9.86 Å². The summed E-state index contributed by atoms with van der Waals surface area (Å²) < 4.78 is 5.03. The van der Waals surface area contributed by atoms with Gasteiger partial charge in [-0.1, -0.05) is 129 Å². The second-order valence-electron chi connectivity index (χ2n) is 15.9. The molecule has 0 bridgehead atoms. The zero-order chi connectivity index (χ0) is 35.3. The normalized spacial score (nSPS) is 19.7. The van der Waals surface area contributed by atoms with E-state index in [4.69, 9.17) is 0 Å². The average molecular weight is 683 g/mol. The Morgan fingerprint density at radius 2 is 1.42 bits per heavy atom. The lowest BCUT2D eigenvalue weighted by Crippen LogP contribution is -2.32. The molecule has 0 saturated heterocycles. The number of fused-ring (bicyclic) bond motifs is 9. The third-order valence-electron chi connectivity index (χ3n) is 12.6. The van der Waals surface area contributed by atoms with Crippen LogP contribution in [0.1, 0.15) is 62.1 Å². The van der Waals surface area contributed by atoms with Gasteiger partial charge in [-0.25, -0.2) is 0 Å². The van der Waals surface area contributed by atoms with Crippen LogP contribution in [0.3, 0.4) is 0 Å². The van der Waals surface area contributed by atoms with E-state index in [0.29, 0.717) is 11.8 Å². The summed E-state index contributed by atoms with van der Waals surface area (Å²) >= 11 is 0. The van der Waals surface area contributed by atoms with E-state index < -0.39 is 0 Å². The molecule has 0 fully saturated rings. The molecule has 5 aromatic carbocycles. The molecular formula is C51H42N2. The van der Waals surface area contributed by atoms with Crippen LogP contribution in [0.4, 0.5) is 0 Å². The van der Waals surface area contributed by atoms with E-state index in [-0.39, 0.29) is 5.41 Å². The van der Waals surface area contributed by atoms with E-state index in [0.717, 1.165) is 25.7 Å². The predicted octanol–water partition coefficient (Wildman–Crippen LogP) is 11.5. The molecule has 4 aliphatic rings. The highest BCUT2D eigenvalue weighted by atomic mass is 15.0. The van der Waals surface area contributed by atoms with Crippen molar-refractivity contribution in [3.05, 3.63) is 178 Å². The lowest BCUT2D eigenvalue weighted by atomic mass is 9.82. The Labute approximate surface area is 310 Å². The van der Waals surface area contributed by atoms with Crippen molar-refractivity contribution in [2.24, 2.45) is 5.92 Å². The van der Waals surface area contributed by atoms with Crippen LogP contribution in [0.5, 0.6) is 0 Å². The molecule has 256 valence electrons. The molecule has 2 aromatic heterocycles. The molecule has 0 saturated carbocycles. The fourth-order valence-electron chi connectivity index (χ4n) is 10.0. The van der Waals surface area contributed by atoms with Crippen molar-refractivity contribution in [1.29, 1.82) is 0 Å². The third-order valence-corrected chi connectivity index (χ3v) is 12.6. The summed E-state index contributed by atoms with van der Waals surface area (Å²) in [6.45, 7) is 4.71. The van der Waals surface area contributed by atoms with Gasteiger partial charge in [0.25, 0.3) is 0 Å². The minimum Gasteiger partial charge on any atom is -0.313 e. The summed E-state index contributed by atoms with van der Waals surface area (Å²) in [6, 6.07) is 41.2. The fourth-order valence-corrected chi connectivity index (χ4v) is 10.0. The van der Waals surface area contributed by atoms with Crippen LogP contribution in [0.15, 0.2) is 151 Å². The van der Waals surface area contributed by atoms with Gasteiger partial charge in [-0.3, -0.25) is 0 Å². The first-order valence-electron chi connectivity index (χ1n) is 19.4. The number of allylic oxidation sites excluding steroid dienone is 8. The summed E-state index contributed by atoms with van der Waals surface area (Å²) in [5, 5.41) is 6.67. The lowest BCUT2D eigenvalue weighted by molar-refractivity contribution is 0.660. The maximum absolute atomic E-state index is 2.55. The summed E-state index contributed by atoms with van der Waals surface area (Å²) in [4.78, 5) is 0. The second kappa shape index (κ2) is 11.6. The monoisotopic (exact) mass is 682 g/mol. The first-order valence-corrected chi connectivity index (χ1v) is 19.4. The van der Waals surface area contributed by atoms with Crippen LogP contribution in [-0.2, 0) is 5.41 Å². The number of benzene rings is 5. The van der Waals surface area contributed by atoms with E-state index >= 15 is 0 Å². The van der Waals surface area contributed by atoms with Crippen LogP contribution in [0.2, 0.25) is 0 Å². The highest BCUT2D eigenvalue weighted by Gasteiger charge is 2.35. The van der Waals surface area contributed by atoms with Gasteiger partial charge in [0.15, 0.2) is 0 Å². The standard InChI is InChI=1S/C51H42N2/c1-51(2)45-20-9-6-17-39(45)42-32-38(25-26-46(42)51)53-48-22-11-8-19-41(48)44-31-36(24-28-50(44)53)35-23-27-49-43(30-35)40-18-7-10-21-47(40)52(49)37-16-12-15-34(29-37)33-13-4-3-5-14-33/h4,6-22,24-28,30-32,34-35H,3,5,23,29H2,1-2H3. The van der Waals surface area contributed by atoms with Crippen molar-refractivity contribution in [3.8, 4) is 16.8 Å². The van der Waals surface area contributed by atoms with Gasteiger partial charge in [0.2, 0.25) is 0 Å². The summed E-state index contributed by atoms with van der Waals surface area (Å²) in [5.41, 5.74) is 14.8. The van der Waals surface area contributed by atoms with Crippen LogP contribution >= 0.6 is 0 Å². The van der Waals surface area contributed by atoms with E-state index in [1.54, 1.807) is 0 Å². The molecule has 2 unspecified atom stereocenters. The number of nitrogens with zero attached hydrogens (tertiary/aromatic N) is 2. The molecule has 0 aliphatic heterocycles. The molecule has 0 spiro atoms. The average Bonchev–Trinajstić information content (AvgIpc) is 3.81. The molecule has 7 aromatic rings. The first kappa shape index (κ1) is 30.7. The predicted molar refractivity (Wildman–Crippen MR) is 224 cm³/mol. The minimum absolute atomic E-state index is 0.00295. The molecular weight excluding hydrogens is 641 g/mol. The number of rotatable bonds is 4. The zero-order valence-electron chi connectivity index (χ0n) is 30.4. The van der Waals surface area contributed by atoms with Crippen molar-refractivity contribution < 1.29 is 0 Å². The zero-order valence-corrected chi connectivity index (χ0v) is 30.4. The number of hydrogen-bond acceptors (Lipinski definition) is 0. The van der Waals surface area contributed by atoms with Crippen LogP contribution < -0.4 is 10.6 Å². The number of para-hydroxylation sites is 2. The molecule has 53 heavy (non-hydrogen) atoms. The van der Waals surface area contributed by atoms with E-state index in [1.807, 2.05) is 0 Å². The largest absolute Gasteiger partial charge is 0.313 e. The molecule has 2 atom stereocenters. The Balaban J connectivity index is 1.02. The second-order valence-corrected chi connectivity index (χ2v) is 15.9. The van der Waals surface area contributed by atoms with Crippen molar-refractivity contribution in [2.45, 2.75) is 50.9 Å². The molecule has 0 N–H and O–H groups in total. The minimum atomic E-state index is -0.00295. The van der Waals surface area contributed by atoms with E-state index in [1.165, 1.54) is 88.1 Å². The molecule has 4 aliphatic carbocycles.